The lowest BCUT2D eigenvalue weighted by atomic mass is 10.2. The number of benzene rings is 2. The summed E-state index contributed by atoms with van der Waals surface area (Å²) in [7, 11) is 3.69. The van der Waals surface area contributed by atoms with E-state index in [4.69, 9.17) is 4.74 Å². The van der Waals surface area contributed by atoms with Gasteiger partial charge in [0, 0.05) is 24.1 Å². The molecule has 0 atom stereocenters. The van der Waals surface area contributed by atoms with Gasteiger partial charge >= 0.3 is 0 Å². The summed E-state index contributed by atoms with van der Waals surface area (Å²) in [5.74, 6) is 0.822. The SMILES string of the molecule is CCn1c(=O)/c(=C2\Sc3cc(OC)ccc3N2C)s/c1=C\c1scc[n+]1Cc1ccccc1. The second-order valence-corrected chi connectivity index (χ2v) is 10.6. The summed E-state index contributed by atoms with van der Waals surface area (Å²) in [6.45, 7) is 3.46. The first-order valence-electron chi connectivity index (χ1n) is 10.6. The number of fused-ring (bicyclic) bond motifs is 1. The first kappa shape index (κ1) is 22.0. The van der Waals surface area contributed by atoms with E-state index >= 15 is 0 Å². The molecule has 0 N–H and O–H groups in total. The average molecular weight is 495 g/mol. The van der Waals surface area contributed by atoms with E-state index in [0.717, 1.165) is 42.1 Å². The fourth-order valence-electron chi connectivity index (χ4n) is 3.88. The number of nitrogens with zero attached hydrogens (tertiary/aromatic N) is 3. The summed E-state index contributed by atoms with van der Waals surface area (Å²) in [6, 6.07) is 16.5. The normalized spacial score (nSPS) is 15.2. The van der Waals surface area contributed by atoms with Crippen molar-refractivity contribution >= 4 is 51.2 Å². The van der Waals surface area contributed by atoms with Crippen molar-refractivity contribution in [2.45, 2.75) is 24.9 Å². The summed E-state index contributed by atoms with van der Waals surface area (Å²) in [5, 5.41) is 4.19. The average Bonchev–Trinajstić information content (AvgIpc) is 3.50. The van der Waals surface area contributed by atoms with Gasteiger partial charge in [-0.25, -0.2) is 0 Å². The number of thiazole rings is 2. The van der Waals surface area contributed by atoms with Gasteiger partial charge in [0.15, 0.2) is 12.7 Å². The van der Waals surface area contributed by atoms with Gasteiger partial charge < -0.3 is 9.64 Å². The van der Waals surface area contributed by atoms with Crippen molar-refractivity contribution in [2.75, 3.05) is 19.1 Å². The molecule has 0 unspecified atom stereocenters. The van der Waals surface area contributed by atoms with Crippen LogP contribution in [0.1, 0.15) is 17.5 Å². The second kappa shape index (κ2) is 9.21. The minimum atomic E-state index is 0.0639. The molecule has 0 radical (unpaired) electrons. The van der Waals surface area contributed by atoms with Crippen LogP contribution in [-0.2, 0) is 13.1 Å². The third kappa shape index (κ3) is 4.14. The molecule has 1 aliphatic rings. The third-order valence-electron chi connectivity index (χ3n) is 5.62. The van der Waals surface area contributed by atoms with E-state index < -0.39 is 0 Å². The van der Waals surface area contributed by atoms with E-state index in [-0.39, 0.29) is 5.56 Å². The van der Waals surface area contributed by atoms with E-state index in [2.05, 4.69) is 51.4 Å². The molecule has 33 heavy (non-hydrogen) atoms. The Labute approximate surface area is 204 Å². The van der Waals surface area contributed by atoms with Gasteiger partial charge in [-0.05, 0) is 25.1 Å². The Morgan fingerprint density at radius 3 is 2.73 bits per heavy atom. The lowest BCUT2D eigenvalue weighted by molar-refractivity contribution is -0.685. The second-order valence-electron chi connectivity index (χ2n) is 7.62. The van der Waals surface area contributed by atoms with Crippen molar-refractivity contribution in [3.8, 4) is 5.75 Å². The zero-order valence-corrected chi connectivity index (χ0v) is 21.1. The molecule has 1 aliphatic heterocycles. The van der Waals surface area contributed by atoms with Crippen LogP contribution in [-0.4, -0.2) is 18.7 Å². The molecule has 2 aromatic carbocycles. The Kier molecular flexibility index (Phi) is 6.14. The predicted molar refractivity (Wildman–Crippen MR) is 138 cm³/mol. The highest BCUT2D eigenvalue weighted by atomic mass is 32.2. The van der Waals surface area contributed by atoms with Gasteiger partial charge in [-0.3, -0.25) is 9.36 Å². The van der Waals surface area contributed by atoms with Gasteiger partial charge in [0.05, 0.1) is 24.3 Å². The molecule has 5 rings (SSSR count). The van der Waals surface area contributed by atoms with Crippen LogP contribution in [0.2, 0.25) is 0 Å². The molecule has 0 fully saturated rings. The van der Waals surface area contributed by atoms with Gasteiger partial charge in [-0.15, -0.1) is 11.3 Å². The fraction of sp³-hybridized carbons (Fsp3) is 0.200. The first-order valence-corrected chi connectivity index (χ1v) is 13.2. The van der Waals surface area contributed by atoms with E-state index in [9.17, 15) is 4.79 Å². The summed E-state index contributed by atoms with van der Waals surface area (Å²) < 4.78 is 11.2. The highest BCUT2D eigenvalue weighted by Crippen LogP contribution is 2.46. The van der Waals surface area contributed by atoms with Crippen LogP contribution in [0.3, 0.4) is 0 Å². The summed E-state index contributed by atoms with van der Waals surface area (Å²) in [6.07, 6.45) is 4.24. The van der Waals surface area contributed by atoms with Crippen LogP contribution >= 0.6 is 34.4 Å². The molecular formula is C25H24N3O2S3+. The number of thioether (sulfide) groups is 1. The Morgan fingerprint density at radius 2 is 1.97 bits per heavy atom. The Bertz CT molecular complexity index is 1490. The zero-order valence-electron chi connectivity index (χ0n) is 18.6. The molecule has 0 aliphatic carbocycles. The molecule has 8 heteroatoms. The number of rotatable bonds is 5. The zero-order chi connectivity index (χ0) is 22.9. The molecule has 0 saturated carbocycles. The number of methoxy groups -OCH3 is 1. The molecule has 4 aromatic rings. The summed E-state index contributed by atoms with van der Waals surface area (Å²) in [4.78, 5) is 16.6. The lowest BCUT2D eigenvalue weighted by Crippen LogP contribution is -2.36. The van der Waals surface area contributed by atoms with Crippen LogP contribution < -0.4 is 29.0 Å². The monoisotopic (exact) mass is 494 g/mol. The van der Waals surface area contributed by atoms with E-state index in [1.165, 1.54) is 5.56 Å². The van der Waals surface area contributed by atoms with Gasteiger partial charge in [0.25, 0.3) is 10.6 Å². The maximum absolute atomic E-state index is 13.4. The molecule has 168 valence electrons. The van der Waals surface area contributed by atoms with Crippen LogP contribution in [0.5, 0.6) is 5.75 Å². The van der Waals surface area contributed by atoms with Crippen LogP contribution in [0, 0.1) is 0 Å². The highest BCUT2D eigenvalue weighted by Gasteiger charge is 2.25. The van der Waals surface area contributed by atoms with Crippen molar-refractivity contribution < 1.29 is 9.30 Å². The van der Waals surface area contributed by atoms with E-state index in [1.807, 2.05) is 42.8 Å². The van der Waals surface area contributed by atoms with Crippen molar-refractivity contribution in [2.24, 2.45) is 0 Å². The van der Waals surface area contributed by atoms with E-state index in [1.54, 1.807) is 41.5 Å². The molecule has 0 amide bonds. The van der Waals surface area contributed by atoms with Gasteiger partial charge in [-0.1, -0.05) is 53.4 Å². The third-order valence-corrected chi connectivity index (χ3v) is 8.94. The largest absolute Gasteiger partial charge is 0.497 e. The number of aromatic nitrogens is 2. The maximum atomic E-state index is 13.4. The van der Waals surface area contributed by atoms with Crippen molar-refractivity contribution in [1.82, 2.24) is 4.57 Å². The van der Waals surface area contributed by atoms with E-state index in [0.29, 0.717) is 6.54 Å². The molecule has 0 saturated heterocycles. The quantitative estimate of drug-likeness (QED) is 0.398. The first-order chi connectivity index (χ1) is 16.1. The molecule has 0 spiro atoms. The van der Waals surface area contributed by atoms with Crippen molar-refractivity contribution in [3.05, 3.63) is 90.2 Å². The number of anilines is 1. The van der Waals surface area contributed by atoms with Gasteiger partial charge in [-0.2, -0.15) is 4.57 Å². The molecular weight excluding hydrogens is 470 g/mol. The smallest absolute Gasteiger partial charge is 0.271 e. The number of hydrogen-bond acceptors (Lipinski definition) is 6. The van der Waals surface area contributed by atoms with Crippen molar-refractivity contribution in [3.63, 3.8) is 0 Å². The topological polar surface area (TPSA) is 38.4 Å². The minimum Gasteiger partial charge on any atom is -0.497 e. The van der Waals surface area contributed by atoms with Crippen LogP contribution in [0.4, 0.5) is 5.69 Å². The number of ether oxygens (including phenoxy) is 1. The maximum Gasteiger partial charge on any atom is 0.271 e. The molecule has 2 aromatic heterocycles. The predicted octanol–water partition coefficient (Wildman–Crippen LogP) is 3.47. The standard InChI is InChI=1S/C25H24N3O2S3/c1-4-28-22(15-21-27(12-13-31-21)16-17-8-6-5-7-9-17)33-23(24(28)29)25-26(2)19-11-10-18(30-3)14-20(19)32-25/h5-15H,4,16H2,1-3H3/q+1/b25-23+. The van der Waals surface area contributed by atoms with Gasteiger partial charge in [0.2, 0.25) is 0 Å². The highest BCUT2D eigenvalue weighted by molar-refractivity contribution is 8.08. The van der Waals surface area contributed by atoms with Crippen molar-refractivity contribution in [1.29, 1.82) is 0 Å². The lowest BCUT2D eigenvalue weighted by Gasteiger charge is -2.12. The molecule has 3 heterocycles. The van der Waals surface area contributed by atoms with Crippen LogP contribution in [0.15, 0.2) is 69.8 Å². The van der Waals surface area contributed by atoms with Gasteiger partial charge in [0.1, 0.15) is 20.0 Å². The fourth-order valence-corrected chi connectivity index (χ4v) is 7.22. The van der Waals surface area contributed by atoms with Crippen LogP contribution in [0.25, 0.3) is 11.1 Å². The Hall–Kier alpha value is -2.81. The summed E-state index contributed by atoms with van der Waals surface area (Å²) in [5.41, 5.74) is 2.41. The molecule has 5 nitrogen and oxygen atoms in total. The minimum absolute atomic E-state index is 0.0639. The Morgan fingerprint density at radius 1 is 1.15 bits per heavy atom. The Balaban J connectivity index is 1.60. The summed E-state index contributed by atoms with van der Waals surface area (Å²) >= 11 is 4.88. The molecule has 0 bridgehead atoms. The number of hydrogen-bond donors (Lipinski definition) is 0.